The molecule has 0 N–H and O–H groups in total. The lowest BCUT2D eigenvalue weighted by Crippen LogP contribution is -2.13. The third kappa shape index (κ3) is 4.59. The van der Waals surface area contributed by atoms with Gasteiger partial charge < -0.3 is 9.47 Å². The van der Waals surface area contributed by atoms with E-state index in [0.29, 0.717) is 0 Å². The van der Waals surface area contributed by atoms with Gasteiger partial charge in [-0.25, -0.2) is 0 Å². The fourth-order valence-electron chi connectivity index (χ4n) is 1.12. The largest absolute Gasteiger partial charge is 0.469 e. The first kappa shape index (κ1) is 12.2. The third-order valence-corrected chi connectivity index (χ3v) is 1.97. The molecule has 4 heteroatoms. The Bertz CT molecular complexity index is 350. The van der Waals surface area contributed by atoms with Crippen molar-refractivity contribution in [3.8, 4) is 0 Å². The van der Waals surface area contributed by atoms with Crippen LogP contribution in [0, 0.1) is 0 Å². The highest BCUT2D eigenvalue weighted by atomic mass is 16.5. The summed E-state index contributed by atoms with van der Waals surface area (Å²) in [4.78, 5) is 21.9. The highest BCUT2D eigenvalue weighted by molar-refractivity contribution is 5.91. The average molecular weight is 222 g/mol. The van der Waals surface area contributed by atoms with Crippen molar-refractivity contribution < 1.29 is 19.1 Å². The second kappa shape index (κ2) is 6.61. The van der Waals surface area contributed by atoms with Gasteiger partial charge in [0.25, 0.3) is 0 Å². The Morgan fingerprint density at radius 3 is 2.88 bits per heavy atom. The number of ether oxygens (including phenoxy) is 2. The fraction of sp³-hybridized carbons (Fsp3) is 0.333. The maximum Gasteiger partial charge on any atom is 0.317 e. The fourth-order valence-corrected chi connectivity index (χ4v) is 1.12. The molecule has 0 spiro atoms. The molecule has 1 rings (SSSR count). The summed E-state index contributed by atoms with van der Waals surface area (Å²) in [6.07, 6.45) is 10.2. The van der Waals surface area contributed by atoms with E-state index in [-0.39, 0.29) is 13.0 Å². The standard InChI is InChI=1S/C12H14O4/c1-15-11(13)8-12(14)16-9-10-6-4-2-3-5-7-10/h2,4-7H,3,8-9H2,1H3. The number of allylic oxidation sites excluding steroid dienone is 4. The SMILES string of the molecule is COC(=O)CC(=O)OCC1=CC=CCC=C1. The third-order valence-electron chi connectivity index (χ3n) is 1.97. The molecule has 0 aromatic heterocycles. The molecule has 0 bridgehead atoms. The zero-order valence-corrected chi connectivity index (χ0v) is 9.14. The van der Waals surface area contributed by atoms with Gasteiger partial charge in [0.05, 0.1) is 7.11 Å². The van der Waals surface area contributed by atoms with E-state index in [0.717, 1.165) is 12.0 Å². The predicted octanol–water partition coefficient (Wildman–Crippen LogP) is 1.54. The van der Waals surface area contributed by atoms with Crippen molar-refractivity contribution in [3.05, 3.63) is 36.0 Å². The molecule has 0 saturated heterocycles. The van der Waals surface area contributed by atoms with Gasteiger partial charge in [-0.3, -0.25) is 9.59 Å². The molecule has 16 heavy (non-hydrogen) atoms. The van der Waals surface area contributed by atoms with Gasteiger partial charge in [-0.2, -0.15) is 0 Å². The number of hydrogen-bond donors (Lipinski definition) is 0. The van der Waals surface area contributed by atoms with Crippen LogP contribution in [0.3, 0.4) is 0 Å². The van der Waals surface area contributed by atoms with E-state index in [9.17, 15) is 9.59 Å². The smallest absolute Gasteiger partial charge is 0.317 e. The lowest BCUT2D eigenvalue weighted by atomic mass is 10.2. The van der Waals surface area contributed by atoms with Gasteiger partial charge >= 0.3 is 11.9 Å². The van der Waals surface area contributed by atoms with Crippen LogP contribution in [0.2, 0.25) is 0 Å². The molecule has 0 unspecified atom stereocenters. The highest BCUT2D eigenvalue weighted by Crippen LogP contribution is 2.05. The van der Waals surface area contributed by atoms with E-state index < -0.39 is 11.9 Å². The maximum atomic E-state index is 11.1. The summed E-state index contributed by atoms with van der Waals surface area (Å²) in [6.45, 7) is 0.177. The summed E-state index contributed by atoms with van der Waals surface area (Å²) >= 11 is 0. The minimum atomic E-state index is -0.588. The molecule has 0 atom stereocenters. The van der Waals surface area contributed by atoms with Crippen molar-refractivity contribution in [2.45, 2.75) is 12.8 Å². The van der Waals surface area contributed by atoms with E-state index in [1.165, 1.54) is 7.11 Å². The van der Waals surface area contributed by atoms with Crippen LogP contribution in [0.4, 0.5) is 0 Å². The zero-order valence-electron chi connectivity index (χ0n) is 9.14. The van der Waals surface area contributed by atoms with Crippen LogP contribution in [-0.2, 0) is 19.1 Å². The van der Waals surface area contributed by atoms with E-state index in [2.05, 4.69) is 4.74 Å². The summed E-state index contributed by atoms with van der Waals surface area (Å²) in [6, 6.07) is 0. The van der Waals surface area contributed by atoms with Gasteiger partial charge in [-0.15, -0.1) is 0 Å². The molecule has 0 radical (unpaired) electrons. The van der Waals surface area contributed by atoms with Crippen molar-refractivity contribution in [2.24, 2.45) is 0 Å². The van der Waals surface area contributed by atoms with Gasteiger partial charge in [0, 0.05) is 0 Å². The highest BCUT2D eigenvalue weighted by Gasteiger charge is 2.10. The van der Waals surface area contributed by atoms with Crippen LogP contribution in [0.1, 0.15) is 12.8 Å². The van der Waals surface area contributed by atoms with Crippen LogP contribution >= 0.6 is 0 Å². The monoisotopic (exact) mass is 222 g/mol. The molecule has 86 valence electrons. The number of methoxy groups -OCH3 is 1. The molecule has 0 aliphatic heterocycles. The van der Waals surface area contributed by atoms with E-state index in [4.69, 9.17) is 4.74 Å². The number of hydrogen-bond acceptors (Lipinski definition) is 4. The summed E-state index contributed by atoms with van der Waals surface area (Å²) in [5.74, 6) is -1.16. The van der Waals surface area contributed by atoms with Gasteiger partial charge in [0.15, 0.2) is 0 Å². The summed E-state index contributed by atoms with van der Waals surface area (Å²) in [5.41, 5.74) is 0.895. The Kier molecular flexibility index (Phi) is 5.05. The quantitative estimate of drug-likeness (QED) is 0.534. The maximum absolute atomic E-state index is 11.1. The van der Waals surface area contributed by atoms with Gasteiger partial charge in [0.1, 0.15) is 13.0 Å². The molecule has 0 aromatic carbocycles. The molecule has 0 fully saturated rings. The van der Waals surface area contributed by atoms with Crippen LogP contribution < -0.4 is 0 Å². The second-order valence-electron chi connectivity index (χ2n) is 3.22. The molecule has 4 nitrogen and oxygen atoms in total. The number of carbonyl (C=O) groups is 2. The van der Waals surface area contributed by atoms with Crippen molar-refractivity contribution in [2.75, 3.05) is 13.7 Å². The molecule has 0 amide bonds. The van der Waals surface area contributed by atoms with E-state index >= 15 is 0 Å². The molecule has 0 saturated carbocycles. The summed E-state index contributed by atoms with van der Waals surface area (Å²) in [7, 11) is 1.23. The van der Waals surface area contributed by atoms with Gasteiger partial charge in [-0.05, 0) is 12.0 Å². The first-order chi connectivity index (χ1) is 7.72. The summed E-state index contributed by atoms with van der Waals surface area (Å²) < 4.78 is 9.27. The number of esters is 2. The van der Waals surface area contributed by atoms with Crippen molar-refractivity contribution in [3.63, 3.8) is 0 Å². The van der Waals surface area contributed by atoms with Crippen molar-refractivity contribution >= 4 is 11.9 Å². The molecule has 0 heterocycles. The molecule has 0 aromatic rings. The zero-order chi connectivity index (χ0) is 11.8. The minimum absolute atomic E-state index is 0.177. The Balaban J connectivity index is 2.34. The second-order valence-corrected chi connectivity index (χ2v) is 3.22. The Hall–Kier alpha value is -1.84. The van der Waals surface area contributed by atoms with E-state index in [1.54, 1.807) is 0 Å². The lowest BCUT2D eigenvalue weighted by Gasteiger charge is -2.04. The molecule has 1 aliphatic rings. The molecular formula is C12H14O4. The van der Waals surface area contributed by atoms with Gasteiger partial charge in [0.2, 0.25) is 0 Å². The van der Waals surface area contributed by atoms with Crippen LogP contribution in [-0.4, -0.2) is 25.7 Å². The lowest BCUT2D eigenvalue weighted by molar-refractivity contribution is -0.152. The van der Waals surface area contributed by atoms with Crippen LogP contribution in [0.15, 0.2) is 36.0 Å². The predicted molar refractivity (Wildman–Crippen MR) is 58.6 cm³/mol. The molecule has 1 aliphatic carbocycles. The van der Waals surface area contributed by atoms with Crippen LogP contribution in [0.25, 0.3) is 0 Å². The Labute approximate surface area is 94.2 Å². The van der Waals surface area contributed by atoms with Crippen molar-refractivity contribution in [1.82, 2.24) is 0 Å². The molecular weight excluding hydrogens is 208 g/mol. The van der Waals surface area contributed by atoms with Gasteiger partial charge in [-0.1, -0.05) is 30.4 Å². The normalized spacial score (nSPS) is 13.9. The first-order valence-corrected chi connectivity index (χ1v) is 4.97. The number of rotatable bonds is 4. The number of carbonyl (C=O) groups excluding carboxylic acids is 2. The summed E-state index contributed by atoms with van der Waals surface area (Å²) in [5, 5.41) is 0. The van der Waals surface area contributed by atoms with Crippen molar-refractivity contribution in [1.29, 1.82) is 0 Å². The Morgan fingerprint density at radius 1 is 1.31 bits per heavy atom. The first-order valence-electron chi connectivity index (χ1n) is 4.97. The van der Waals surface area contributed by atoms with Crippen LogP contribution in [0.5, 0.6) is 0 Å². The minimum Gasteiger partial charge on any atom is -0.469 e. The average Bonchev–Trinajstić information content (AvgIpc) is 2.54. The Morgan fingerprint density at radius 2 is 2.12 bits per heavy atom. The van der Waals surface area contributed by atoms with E-state index in [1.807, 2.05) is 30.4 Å². The topological polar surface area (TPSA) is 52.6 Å².